The molecule has 0 amide bonds. The fourth-order valence-electron chi connectivity index (χ4n) is 2.92. The number of hydrogen-bond donors (Lipinski definition) is 0. The molecule has 7 heteroatoms. The van der Waals surface area contributed by atoms with E-state index in [2.05, 4.69) is 4.98 Å². The third kappa shape index (κ3) is 2.43. The maximum atomic E-state index is 12.8. The summed E-state index contributed by atoms with van der Waals surface area (Å²) in [5.74, 6) is 0. The number of benzene rings is 1. The van der Waals surface area contributed by atoms with Gasteiger partial charge in [-0.2, -0.15) is 4.31 Å². The van der Waals surface area contributed by atoms with Crippen molar-refractivity contribution in [2.45, 2.75) is 17.9 Å². The van der Waals surface area contributed by atoms with E-state index < -0.39 is 10.0 Å². The van der Waals surface area contributed by atoms with Gasteiger partial charge in [0.2, 0.25) is 10.0 Å². The molecule has 0 atom stereocenters. The van der Waals surface area contributed by atoms with Crippen molar-refractivity contribution in [3.8, 4) is 0 Å². The largest absolute Gasteiger partial charge is 0.302 e. The second-order valence-corrected chi connectivity index (χ2v) is 7.85. The SMILES string of the molecule is O=S(=O)(c1cccc(Cl)c1)N1CCc2nc3ccccn3c2C1. The lowest BCUT2D eigenvalue weighted by Gasteiger charge is -2.26. The fourth-order valence-corrected chi connectivity index (χ4v) is 4.62. The lowest BCUT2D eigenvalue weighted by Crippen LogP contribution is -2.36. The molecule has 0 fully saturated rings. The summed E-state index contributed by atoms with van der Waals surface area (Å²) in [4.78, 5) is 4.80. The quantitative estimate of drug-likeness (QED) is 0.716. The molecule has 0 bridgehead atoms. The zero-order valence-electron chi connectivity index (χ0n) is 12.2. The van der Waals surface area contributed by atoms with Crippen LogP contribution in [-0.4, -0.2) is 28.7 Å². The van der Waals surface area contributed by atoms with E-state index in [-0.39, 0.29) is 4.90 Å². The second kappa shape index (κ2) is 5.33. The molecule has 0 spiro atoms. The van der Waals surface area contributed by atoms with Crippen molar-refractivity contribution in [1.82, 2.24) is 13.7 Å². The van der Waals surface area contributed by atoms with E-state index in [1.54, 1.807) is 18.2 Å². The molecule has 0 saturated heterocycles. The molecule has 3 heterocycles. The molecular formula is C16H14ClN3O2S. The number of imidazole rings is 1. The first-order chi connectivity index (χ1) is 11.1. The molecule has 23 heavy (non-hydrogen) atoms. The second-order valence-electron chi connectivity index (χ2n) is 5.48. The number of aromatic nitrogens is 2. The Kier molecular flexibility index (Phi) is 3.41. The van der Waals surface area contributed by atoms with Crippen LogP contribution in [0.15, 0.2) is 53.6 Å². The first-order valence-electron chi connectivity index (χ1n) is 7.26. The van der Waals surface area contributed by atoms with Crippen LogP contribution in [0, 0.1) is 0 Å². The van der Waals surface area contributed by atoms with Gasteiger partial charge in [0, 0.05) is 24.2 Å². The van der Waals surface area contributed by atoms with Gasteiger partial charge in [-0.15, -0.1) is 0 Å². The summed E-state index contributed by atoms with van der Waals surface area (Å²) < 4.78 is 29.1. The predicted octanol–water partition coefficient (Wildman–Crippen LogP) is 2.73. The number of pyridine rings is 1. The molecule has 5 nitrogen and oxygen atoms in total. The highest BCUT2D eigenvalue weighted by Gasteiger charge is 2.30. The van der Waals surface area contributed by atoms with Crippen molar-refractivity contribution in [2.24, 2.45) is 0 Å². The van der Waals surface area contributed by atoms with Crippen molar-refractivity contribution in [3.05, 3.63) is 65.1 Å². The molecule has 118 valence electrons. The molecule has 2 aromatic heterocycles. The highest BCUT2D eigenvalue weighted by Crippen LogP contribution is 2.26. The number of nitrogens with zero attached hydrogens (tertiary/aromatic N) is 3. The molecule has 1 aliphatic heterocycles. The Morgan fingerprint density at radius 1 is 1.13 bits per heavy atom. The Bertz CT molecular complexity index is 997. The van der Waals surface area contributed by atoms with E-state index in [0.717, 1.165) is 17.0 Å². The van der Waals surface area contributed by atoms with Gasteiger partial charge < -0.3 is 4.40 Å². The van der Waals surface area contributed by atoms with Crippen LogP contribution in [0.3, 0.4) is 0 Å². The van der Waals surface area contributed by atoms with Crippen LogP contribution in [0.1, 0.15) is 11.4 Å². The minimum Gasteiger partial charge on any atom is -0.302 e. The minimum atomic E-state index is -3.57. The summed E-state index contributed by atoms with van der Waals surface area (Å²) in [6, 6.07) is 12.1. The average Bonchev–Trinajstić information content (AvgIpc) is 2.92. The summed E-state index contributed by atoms with van der Waals surface area (Å²) in [7, 11) is -3.57. The van der Waals surface area contributed by atoms with Crippen molar-refractivity contribution in [2.75, 3.05) is 6.54 Å². The van der Waals surface area contributed by atoms with Gasteiger partial charge in [0.25, 0.3) is 0 Å². The van der Waals surface area contributed by atoms with Crippen LogP contribution < -0.4 is 0 Å². The van der Waals surface area contributed by atoms with Gasteiger partial charge in [0.15, 0.2) is 0 Å². The van der Waals surface area contributed by atoms with Crippen LogP contribution in [0.25, 0.3) is 5.65 Å². The monoisotopic (exact) mass is 347 g/mol. The highest BCUT2D eigenvalue weighted by atomic mass is 35.5. The third-order valence-corrected chi connectivity index (χ3v) is 6.15. The molecule has 0 unspecified atom stereocenters. The normalized spacial score (nSPS) is 15.7. The van der Waals surface area contributed by atoms with Crippen LogP contribution in [0.4, 0.5) is 0 Å². The average molecular weight is 348 g/mol. The van der Waals surface area contributed by atoms with Gasteiger partial charge in [-0.25, -0.2) is 13.4 Å². The number of rotatable bonds is 2. The smallest absolute Gasteiger partial charge is 0.243 e. The van der Waals surface area contributed by atoms with E-state index in [1.165, 1.54) is 10.4 Å². The molecule has 0 N–H and O–H groups in total. The number of hydrogen-bond acceptors (Lipinski definition) is 3. The topological polar surface area (TPSA) is 54.7 Å². The Morgan fingerprint density at radius 2 is 2.00 bits per heavy atom. The van der Waals surface area contributed by atoms with Gasteiger partial charge in [0.1, 0.15) is 5.65 Å². The maximum Gasteiger partial charge on any atom is 0.243 e. The molecule has 0 radical (unpaired) electrons. The summed E-state index contributed by atoms with van der Waals surface area (Å²) in [5.41, 5.74) is 2.74. The van der Waals surface area contributed by atoms with Crippen molar-refractivity contribution < 1.29 is 8.42 Å². The zero-order valence-corrected chi connectivity index (χ0v) is 13.8. The lowest BCUT2D eigenvalue weighted by molar-refractivity contribution is 0.383. The third-order valence-electron chi connectivity index (χ3n) is 4.07. The minimum absolute atomic E-state index is 0.224. The van der Waals surface area contributed by atoms with Crippen molar-refractivity contribution in [1.29, 1.82) is 0 Å². The molecule has 0 aliphatic carbocycles. The highest BCUT2D eigenvalue weighted by molar-refractivity contribution is 7.89. The van der Waals surface area contributed by atoms with Gasteiger partial charge in [-0.3, -0.25) is 0 Å². The van der Waals surface area contributed by atoms with Gasteiger partial charge >= 0.3 is 0 Å². The van der Waals surface area contributed by atoms with E-state index in [4.69, 9.17) is 11.6 Å². The Hall–Kier alpha value is -1.89. The van der Waals surface area contributed by atoms with Gasteiger partial charge in [-0.05, 0) is 30.3 Å². The first-order valence-corrected chi connectivity index (χ1v) is 9.08. The predicted molar refractivity (Wildman–Crippen MR) is 87.9 cm³/mol. The Labute approximate surface area is 139 Å². The van der Waals surface area contributed by atoms with Crippen LogP contribution >= 0.6 is 11.6 Å². The van der Waals surface area contributed by atoms with Crippen LogP contribution in [0.5, 0.6) is 0 Å². The molecule has 4 rings (SSSR count). The van der Waals surface area contributed by atoms with Crippen LogP contribution in [-0.2, 0) is 23.0 Å². The first kappa shape index (κ1) is 14.7. The number of sulfonamides is 1. The summed E-state index contributed by atoms with van der Waals surface area (Å²) in [6.07, 6.45) is 2.52. The molecule has 0 saturated carbocycles. The molecule has 1 aliphatic rings. The zero-order chi connectivity index (χ0) is 16.0. The number of fused-ring (bicyclic) bond motifs is 3. The Morgan fingerprint density at radius 3 is 2.83 bits per heavy atom. The van der Waals surface area contributed by atoms with Crippen molar-refractivity contribution >= 4 is 27.3 Å². The standard InChI is InChI=1S/C16H14ClN3O2S/c17-12-4-3-5-13(10-12)23(21,22)19-9-7-14-15(11-19)20-8-2-1-6-16(20)18-14/h1-6,8,10H,7,9,11H2. The van der Waals surface area contributed by atoms with Crippen LogP contribution in [0.2, 0.25) is 5.02 Å². The summed E-state index contributed by atoms with van der Waals surface area (Å²) in [6.45, 7) is 0.737. The van der Waals surface area contributed by atoms with Crippen molar-refractivity contribution in [3.63, 3.8) is 0 Å². The lowest BCUT2D eigenvalue weighted by atomic mass is 10.2. The summed E-state index contributed by atoms with van der Waals surface area (Å²) in [5, 5.41) is 0.415. The fraction of sp³-hybridized carbons (Fsp3) is 0.188. The molecule has 1 aromatic carbocycles. The Balaban J connectivity index is 1.75. The van der Waals surface area contributed by atoms with E-state index in [1.807, 2.05) is 28.8 Å². The van der Waals surface area contributed by atoms with E-state index in [9.17, 15) is 8.42 Å². The summed E-state index contributed by atoms with van der Waals surface area (Å²) >= 11 is 5.93. The molecule has 3 aromatic rings. The maximum absolute atomic E-state index is 12.8. The van der Waals surface area contributed by atoms with Gasteiger partial charge in [0.05, 0.1) is 22.8 Å². The van der Waals surface area contributed by atoms with E-state index >= 15 is 0 Å². The number of halogens is 1. The van der Waals surface area contributed by atoms with E-state index in [0.29, 0.717) is 24.5 Å². The molecular weight excluding hydrogens is 334 g/mol. The van der Waals surface area contributed by atoms with Gasteiger partial charge in [-0.1, -0.05) is 23.7 Å².